The van der Waals surface area contributed by atoms with Crippen molar-refractivity contribution in [3.05, 3.63) is 53.6 Å². The van der Waals surface area contributed by atoms with E-state index in [1.54, 1.807) is 0 Å². The van der Waals surface area contributed by atoms with E-state index in [9.17, 15) is 0 Å². The van der Waals surface area contributed by atoms with Crippen LogP contribution in [0.25, 0.3) is 0 Å². The second kappa shape index (κ2) is 5.57. The van der Waals surface area contributed by atoms with Crippen LogP contribution >= 0.6 is 0 Å². The topological polar surface area (TPSA) is 29.9 Å². The molecule has 2 aromatic rings. The van der Waals surface area contributed by atoms with Gasteiger partial charge in [-0.25, -0.2) is 4.98 Å². The summed E-state index contributed by atoms with van der Waals surface area (Å²) in [5, 5.41) is 3.50. The molecule has 0 unspecified atom stereocenters. The molecule has 1 aliphatic carbocycles. The second-order valence-corrected chi connectivity index (χ2v) is 5.53. The van der Waals surface area contributed by atoms with Gasteiger partial charge in [-0.05, 0) is 37.8 Å². The molecule has 1 aromatic carbocycles. The summed E-state index contributed by atoms with van der Waals surface area (Å²) in [6, 6.07) is 8.66. The van der Waals surface area contributed by atoms with Gasteiger partial charge in [-0.3, -0.25) is 0 Å². The van der Waals surface area contributed by atoms with Crippen LogP contribution in [-0.2, 0) is 13.1 Å². The number of aromatic nitrogens is 2. The standard InChI is InChI=1S/C16H21N3/c1-13-3-2-4-15(9-13)12-19-8-7-18-16(19)11-17-10-14-5-6-14/h2-4,7-9,14,17H,5-6,10-12H2,1H3. The normalized spacial score (nSPS) is 14.8. The Morgan fingerprint density at radius 2 is 2.26 bits per heavy atom. The van der Waals surface area contributed by atoms with E-state index in [0.717, 1.165) is 31.4 Å². The van der Waals surface area contributed by atoms with E-state index < -0.39 is 0 Å². The molecular weight excluding hydrogens is 234 g/mol. The van der Waals surface area contributed by atoms with Crippen molar-refractivity contribution in [1.82, 2.24) is 14.9 Å². The lowest BCUT2D eigenvalue weighted by Crippen LogP contribution is -2.19. The highest BCUT2D eigenvalue weighted by atomic mass is 15.1. The number of hydrogen-bond acceptors (Lipinski definition) is 2. The number of imidazole rings is 1. The monoisotopic (exact) mass is 255 g/mol. The molecule has 0 radical (unpaired) electrons. The van der Waals surface area contributed by atoms with Gasteiger partial charge in [0.15, 0.2) is 0 Å². The Bertz CT molecular complexity index is 540. The lowest BCUT2D eigenvalue weighted by molar-refractivity contribution is 0.594. The summed E-state index contributed by atoms with van der Waals surface area (Å²) in [6.07, 6.45) is 6.75. The predicted molar refractivity (Wildman–Crippen MR) is 76.9 cm³/mol. The minimum Gasteiger partial charge on any atom is -0.329 e. The molecule has 3 heteroatoms. The van der Waals surface area contributed by atoms with Crippen LogP contribution in [0.3, 0.4) is 0 Å². The average molecular weight is 255 g/mol. The van der Waals surface area contributed by atoms with Gasteiger partial charge in [0.05, 0.1) is 6.54 Å². The van der Waals surface area contributed by atoms with Crippen LogP contribution in [-0.4, -0.2) is 16.1 Å². The molecule has 1 saturated carbocycles. The molecule has 3 nitrogen and oxygen atoms in total. The van der Waals surface area contributed by atoms with Gasteiger partial charge in [-0.15, -0.1) is 0 Å². The summed E-state index contributed by atoms with van der Waals surface area (Å²) in [7, 11) is 0. The maximum absolute atomic E-state index is 4.45. The van der Waals surface area contributed by atoms with Crippen LogP contribution in [0.2, 0.25) is 0 Å². The Balaban J connectivity index is 1.62. The largest absolute Gasteiger partial charge is 0.329 e. The lowest BCUT2D eigenvalue weighted by atomic mass is 10.1. The molecule has 100 valence electrons. The van der Waals surface area contributed by atoms with Crippen molar-refractivity contribution in [2.24, 2.45) is 5.92 Å². The molecule has 19 heavy (non-hydrogen) atoms. The van der Waals surface area contributed by atoms with E-state index >= 15 is 0 Å². The van der Waals surface area contributed by atoms with Gasteiger partial charge < -0.3 is 9.88 Å². The summed E-state index contributed by atoms with van der Waals surface area (Å²) >= 11 is 0. The van der Waals surface area contributed by atoms with Crippen molar-refractivity contribution in [1.29, 1.82) is 0 Å². The van der Waals surface area contributed by atoms with E-state index in [-0.39, 0.29) is 0 Å². The van der Waals surface area contributed by atoms with Crippen LogP contribution in [0.15, 0.2) is 36.7 Å². The number of aryl methyl sites for hydroxylation is 1. The number of rotatable bonds is 6. The molecule has 0 bridgehead atoms. The molecule has 1 fully saturated rings. The quantitative estimate of drug-likeness (QED) is 0.860. The highest BCUT2D eigenvalue weighted by Crippen LogP contribution is 2.27. The van der Waals surface area contributed by atoms with Crippen molar-refractivity contribution in [3.8, 4) is 0 Å². The SMILES string of the molecule is Cc1cccc(Cn2ccnc2CNCC2CC2)c1. The molecule has 0 aliphatic heterocycles. The Morgan fingerprint density at radius 1 is 1.37 bits per heavy atom. The zero-order valence-corrected chi connectivity index (χ0v) is 11.5. The molecule has 1 N–H and O–H groups in total. The number of benzene rings is 1. The summed E-state index contributed by atoms with van der Waals surface area (Å²) in [4.78, 5) is 4.45. The number of nitrogens with one attached hydrogen (secondary N) is 1. The maximum atomic E-state index is 4.45. The molecular formula is C16H21N3. The summed E-state index contributed by atoms with van der Waals surface area (Å²) in [6.45, 7) is 5.05. The zero-order chi connectivity index (χ0) is 13.1. The predicted octanol–water partition coefficient (Wildman–Crippen LogP) is 2.74. The molecule has 0 spiro atoms. The third-order valence-corrected chi connectivity index (χ3v) is 3.65. The molecule has 1 aliphatic rings. The van der Waals surface area contributed by atoms with Crippen LogP contribution in [0.1, 0.15) is 29.8 Å². The van der Waals surface area contributed by atoms with Gasteiger partial charge in [-0.2, -0.15) is 0 Å². The van der Waals surface area contributed by atoms with Gasteiger partial charge in [0.25, 0.3) is 0 Å². The van der Waals surface area contributed by atoms with Crippen LogP contribution in [0.4, 0.5) is 0 Å². The molecule has 0 saturated heterocycles. The van der Waals surface area contributed by atoms with Crippen molar-refractivity contribution in [2.75, 3.05) is 6.54 Å². The fourth-order valence-corrected chi connectivity index (χ4v) is 2.37. The van der Waals surface area contributed by atoms with Crippen LogP contribution in [0.5, 0.6) is 0 Å². The lowest BCUT2D eigenvalue weighted by Gasteiger charge is -2.09. The fraction of sp³-hybridized carbons (Fsp3) is 0.438. The van der Waals surface area contributed by atoms with Crippen molar-refractivity contribution >= 4 is 0 Å². The number of nitrogens with zero attached hydrogens (tertiary/aromatic N) is 2. The second-order valence-electron chi connectivity index (χ2n) is 5.53. The van der Waals surface area contributed by atoms with Crippen LogP contribution < -0.4 is 5.32 Å². The zero-order valence-electron chi connectivity index (χ0n) is 11.5. The summed E-state index contributed by atoms with van der Waals surface area (Å²) < 4.78 is 2.23. The highest BCUT2D eigenvalue weighted by molar-refractivity contribution is 5.22. The summed E-state index contributed by atoms with van der Waals surface area (Å²) in [5.74, 6) is 2.04. The van der Waals surface area contributed by atoms with Crippen LogP contribution in [0, 0.1) is 12.8 Å². The third-order valence-electron chi connectivity index (χ3n) is 3.65. The van der Waals surface area contributed by atoms with E-state index in [2.05, 4.69) is 52.3 Å². The fourth-order valence-electron chi connectivity index (χ4n) is 2.37. The highest BCUT2D eigenvalue weighted by Gasteiger charge is 2.20. The first-order valence-corrected chi connectivity index (χ1v) is 7.07. The molecule has 0 amide bonds. The van der Waals surface area contributed by atoms with Gasteiger partial charge >= 0.3 is 0 Å². The summed E-state index contributed by atoms with van der Waals surface area (Å²) in [5.41, 5.74) is 2.65. The Hall–Kier alpha value is -1.61. The minimum absolute atomic E-state index is 0.870. The Morgan fingerprint density at radius 3 is 3.05 bits per heavy atom. The van der Waals surface area contributed by atoms with Gasteiger partial charge in [0.2, 0.25) is 0 Å². The van der Waals surface area contributed by atoms with Crippen molar-refractivity contribution in [3.63, 3.8) is 0 Å². The smallest absolute Gasteiger partial charge is 0.122 e. The Labute approximate surface area is 114 Å². The molecule has 0 atom stereocenters. The maximum Gasteiger partial charge on any atom is 0.122 e. The van der Waals surface area contributed by atoms with Gasteiger partial charge in [0.1, 0.15) is 5.82 Å². The average Bonchev–Trinajstić information content (AvgIpc) is 3.11. The van der Waals surface area contributed by atoms with Crippen molar-refractivity contribution < 1.29 is 0 Å². The number of hydrogen-bond donors (Lipinski definition) is 1. The van der Waals surface area contributed by atoms with E-state index in [4.69, 9.17) is 0 Å². The van der Waals surface area contributed by atoms with Gasteiger partial charge in [-0.1, -0.05) is 29.8 Å². The Kier molecular flexibility index (Phi) is 3.65. The first-order chi connectivity index (χ1) is 9.31. The van der Waals surface area contributed by atoms with E-state index in [0.29, 0.717) is 0 Å². The van der Waals surface area contributed by atoms with Crippen molar-refractivity contribution in [2.45, 2.75) is 32.9 Å². The van der Waals surface area contributed by atoms with E-state index in [1.165, 1.54) is 24.0 Å². The minimum atomic E-state index is 0.870. The molecule has 1 heterocycles. The van der Waals surface area contributed by atoms with E-state index in [1.807, 2.05) is 6.20 Å². The molecule has 3 rings (SSSR count). The first-order valence-electron chi connectivity index (χ1n) is 7.07. The molecule has 1 aromatic heterocycles. The first kappa shape index (κ1) is 12.4. The third kappa shape index (κ3) is 3.44. The van der Waals surface area contributed by atoms with Gasteiger partial charge in [0, 0.05) is 18.9 Å².